The second-order valence-electron chi connectivity index (χ2n) is 4.76. The molecule has 2 aliphatic rings. The molecule has 0 radical (unpaired) electrons. The van der Waals surface area contributed by atoms with Crippen LogP contribution in [-0.2, 0) is 9.84 Å². The summed E-state index contributed by atoms with van der Waals surface area (Å²) in [5, 5.41) is 0.320. The lowest BCUT2D eigenvalue weighted by atomic mass is 10.2. The zero-order valence-electron chi connectivity index (χ0n) is 9.89. The van der Waals surface area contributed by atoms with E-state index in [4.69, 9.17) is 11.6 Å². The smallest absolute Gasteiger partial charge is 0.206 e. The molecular formula is C13H14ClNO2S. The SMILES string of the molecule is O=S1(=O)C(CN2CCCC2)=Cc2cccc(Cl)c21. The summed E-state index contributed by atoms with van der Waals surface area (Å²) in [6.45, 7) is 2.47. The molecule has 0 spiro atoms. The summed E-state index contributed by atoms with van der Waals surface area (Å²) in [5.74, 6) is 0. The van der Waals surface area contributed by atoms with Gasteiger partial charge in [-0.25, -0.2) is 8.42 Å². The van der Waals surface area contributed by atoms with Crippen molar-refractivity contribution in [2.45, 2.75) is 17.7 Å². The van der Waals surface area contributed by atoms with Crippen molar-refractivity contribution in [2.75, 3.05) is 19.6 Å². The lowest BCUT2D eigenvalue weighted by molar-refractivity contribution is 0.374. The number of halogens is 1. The third-order valence-corrected chi connectivity index (χ3v) is 5.86. The van der Waals surface area contributed by atoms with Crippen LogP contribution in [0.1, 0.15) is 18.4 Å². The Balaban J connectivity index is 1.97. The molecule has 2 heterocycles. The lowest BCUT2D eigenvalue weighted by Crippen LogP contribution is -2.24. The Hall–Kier alpha value is -0.840. The van der Waals surface area contributed by atoms with Gasteiger partial charge in [-0.1, -0.05) is 23.7 Å². The molecule has 1 saturated heterocycles. The summed E-state index contributed by atoms with van der Waals surface area (Å²) in [7, 11) is -3.38. The molecule has 0 bridgehead atoms. The molecule has 3 nitrogen and oxygen atoms in total. The number of likely N-dealkylation sites (tertiary alicyclic amines) is 1. The lowest BCUT2D eigenvalue weighted by Gasteiger charge is -2.15. The van der Waals surface area contributed by atoms with Gasteiger partial charge in [0.1, 0.15) is 0 Å². The van der Waals surface area contributed by atoms with Crippen molar-refractivity contribution in [3.05, 3.63) is 33.7 Å². The fourth-order valence-corrected chi connectivity index (χ4v) is 4.74. The Morgan fingerprint density at radius 3 is 2.61 bits per heavy atom. The quantitative estimate of drug-likeness (QED) is 0.837. The molecule has 5 heteroatoms. The van der Waals surface area contributed by atoms with Gasteiger partial charge in [-0.15, -0.1) is 0 Å². The molecule has 1 aromatic carbocycles. The minimum atomic E-state index is -3.38. The first kappa shape index (κ1) is 12.2. The monoisotopic (exact) mass is 283 g/mol. The van der Waals surface area contributed by atoms with Gasteiger partial charge >= 0.3 is 0 Å². The molecule has 0 atom stereocenters. The summed E-state index contributed by atoms with van der Waals surface area (Å²) in [6.07, 6.45) is 4.07. The van der Waals surface area contributed by atoms with Crippen LogP contribution >= 0.6 is 11.6 Å². The molecule has 0 saturated carbocycles. The summed E-state index contributed by atoms with van der Waals surface area (Å²) < 4.78 is 24.8. The van der Waals surface area contributed by atoms with E-state index in [1.807, 2.05) is 0 Å². The second-order valence-corrected chi connectivity index (χ2v) is 7.10. The maximum atomic E-state index is 12.4. The van der Waals surface area contributed by atoms with E-state index in [0.29, 0.717) is 16.5 Å². The van der Waals surface area contributed by atoms with Gasteiger partial charge in [0.15, 0.2) is 0 Å². The van der Waals surface area contributed by atoms with E-state index in [1.165, 1.54) is 0 Å². The van der Waals surface area contributed by atoms with Crippen LogP contribution in [0, 0.1) is 0 Å². The normalized spacial score (nSPS) is 21.9. The van der Waals surface area contributed by atoms with Crippen molar-refractivity contribution in [3.8, 4) is 0 Å². The third-order valence-electron chi connectivity index (χ3n) is 3.51. The number of hydrogen-bond donors (Lipinski definition) is 0. The van der Waals surface area contributed by atoms with Crippen LogP contribution in [0.15, 0.2) is 28.0 Å². The minimum Gasteiger partial charge on any atom is -0.298 e. The van der Waals surface area contributed by atoms with Crippen LogP contribution < -0.4 is 0 Å². The number of hydrogen-bond acceptors (Lipinski definition) is 3. The van der Waals surface area contributed by atoms with Crippen molar-refractivity contribution in [1.29, 1.82) is 0 Å². The highest BCUT2D eigenvalue weighted by molar-refractivity contribution is 7.96. The molecule has 2 aliphatic heterocycles. The highest BCUT2D eigenvalue weighted by Crippen LogP contribution is 2.37. The van der Waals surface area contributed by atoms with Gasteiger partial charge in [0.25, 0.3) is 0 Å². The van der Waals surface area contributed by atoms with Crippen LogP contribution in [0.3, 0.4) is 0 Å². The molecule has 0 aliphatic carbocycles. The van der Waals surface area contributed by atoms with Crippen molar-refractivity contribution in [1.82, 2.24) is 4.90 Å². The van der Waals surface area contributed by atoms with Crippen LogP contribution in [0.4, 0.5) is 0 Å². The minimum absolute atomic E-state index is 0.279. The summed E-state index contributed by atoms with van der Waals surface area (Å²) in [5.41, 5.74) is 0.719. The Bertz CT molecular complexity index is 616. The number of rotatable bonds is 2. The molecule has 0 amide bonds. The average molecular weight is 284 g/mol. The highest BCUT2D eigenvalue weighted by atomic mass is 35.5. The summed E-state index contributed by atoms with van der Waals surface area (Å²) in [6, 6.07) is 5.21. The summed E-state index contributed by atoms with van der Waals surface area (Å²) >= 11 is 6.01. The molecule has 1 fully saturated rings. The standard InChI is InChI=1S/C13H14ClNO2S/c14-12-5-3-4-10-8-11(18(16,17)13(10)12)9-15-6-1-2-7-15/h3-5,8H,1-2,6-7,9H2. The Morgan fingerprint density at radius 1 is 1.22 bits per heavy atom. The number of benzene rings is 1. The van der Waals surface area contributed by atoms with Crippen molar-refractivity contribution < 1.29 is 8.42 Å². The van der Waals surface area contributed by atoms with E-state index in [-0.39, 0.29) is 4.90 Å². The van der Waals surface area contributed by atoms with E-state index >= 15 is 0 Å². The molecule has 1 aromatic rings. The van der Waals surface area contributed by atoms with Crippen molar-refractivity contribution in [2.24, 2.45) is 0 Å². The molecule has 0 unspecified atom stereocenters. The van der Waals surface area contributed by atoms with Crippen molar-refractivity contribution >= 4 is 27.5 Å². The molecule has 0 N–H and O–H groups in total. The topological polar surface area (TPSA) is 37.4 Å². The molecule has 96 valence electrons. The fraction of sp³-hybridized carbons (Fsp3) is 0.385. The van der Waals surface area contributed by atoms with Crippen molar-refractivity contribution in [3.63, 3.8) is 0 Å². The van der Waals surface area contributed by atoms with Crippen LogP contribution in [0.5, 0.6) is 0 Å². The van der Waals surface area contributed by atoms with Gasteiger partial charge < -0.3 is 0 Å². The second kappa shape index (κ2) is 4.37. The van der Waals surface area contributed by atoms with E-state index in [1.54, 1.807) is 24.3 Å². The molecular weight excluding hydrogens is 270 g/mol. The maximum Gasteiger partial charge on any atom is 0.206 e. The van der Waals surface area contributed by atoms with E-state index in [0.717, 1.165) is 31.5 Å². The van der Waals surface area contributed by atoms with Gasteiger partial charge in [0, 0.05) is 6.54 Å². The molecule has 3 rings (SSSR count). The number of sulfone groups is 1. The van der Waals surface area contributed by atoms with Gasteiger partial charge in [-0.2, -0.15) is 0 Å². The zero-order chi connectivity index (χ0) is 12.8. The van der Waals surface area contributed by atoms with Gasteiger partial charge in [0.2, 0.25) is 9.84 Å². The first-order valence-corrected chi connectivity index (χ1v) is 7.92. The highest BCUT2D eigenvalue weighted by Gasteiger charge is 2.32. The summed E-state index contributed by atoms with van der Waals surface area (Å²) in [4.78, 5) is 2.94. The largest absolute Gasteiger partial charge is 0.298 e. The maximum absolute atomic E-state index is 12.4. The number of nitrogens with zero attached hydrogens (tertiary/aromatic N) is 1. The average Bonchev–Trinajstić information content (AvgIpc) is 2.88. The first-order valence-electron chi connectivity index (χ1n) is 6.05. The van der Waals surface area contributed by atoms with Gasteiger partial charge in [-0.3, -0.25) is 4.90 Å². The Labute approximate surface area is 112 Å². The Kier molecular flexibility index (Phi) is 2.96. The van der Waals surface area contributed by atoms with E-state index < -0.39 is 9.84 Å². The first-order chi connectivity index (χ1) is 8.59. The molecule has 0 aromatic heterocycles. The van der Waals surface area contributed by atoms with E-state index in [2.05, 4.69) is 4.90 Å². The predicted octanol–water partition coefficient (Wildman–Crippen LogP) is 2.56. The van der Waals surface area contributed by atoms with Crippen LogP contribution in [-0.4, -0.2) is 33.0 Å². The van der Waals surface area contributed by atoms with Gasteiger partial charge in [0.05, 0.1) is 14.8 Å². The van der Waals surface area contributed by atoms with Crippen LogP contribution in [0.2, 0.25) is 5.02 Å². The number of fused-ring (bicyclic) bond motifs is 1. The van der Waals surface area contributed by atoms with Gasteiger partial charge in [-0.05, 0) is 43.6 Å². The zero-order valence-corrected chi connectivity index (χ0v) is 11.5. The predicted molar refractivity (Wildman–Crippen MR) is 72.3 cm³/mol. The van der Waals surface area contributed by atoms with E-state index in [9.17, 15) is 8.42 Å². The molecule has 18 heavy (non-hydrogen) atoms. The fourth-order valence-electron chi connectivity index (χ4n) is 2.60. The van der Waals surface area contributed by atoms with Crippen LogP contribution in [0.25, 0.3) is 6.08 Å². The third kappa shape index (κ3) is 1.88. The Morgan fingerprint density at radius 2 is 1.94 bits per heavy atom.